The Bertz CT molecular complexity index is 338. The van der Waals surface area contributed by atoms with Gasteiger partial charge >= 0.3 is 0 Å². The van der Waals surface area contributed by atoms with Crippen LogP contribution >= 0.6 is 0 Å². The molecule has 0 radical (unpaired) electrons. The van der Waals surface area contributed by atoms with Gasteiger partial charge in [0.15, 0.2) is 0 Å². The van der Waals surface area contributed by atoms with Gasteiger partial charge in [0.2, 0.25) is 0 Å². The van der Waals surface area contributed by atoms with Crippen molar-refractivity contribution in [1.82, 2.24) is 4.90 Å². The average molecular weight is 416 g/mol. The molecule has 0 amide bonds. The fourth-order valence-corrected chi connectivity index (χ4v) is 3.51. The van der Waals surface area contributed by atoms with Crippen molar-refractivity contribution in [2.24, 2.45) is 17.8 Å². The smallest absolute Gasteiger partial charge is 0.0934 e. The number of nitrogens with zero attached hydrogens (tertiary/aromatic N) is 1. The van der Waals surface area contributed by atoms with E-state index in [-0.39, 0.29) is 6.10 Å². The van der Waals surface area contributed by atoms with Gasteiger partial charge in [0.05, 0.1) is 25.9 Å². The molecule has 0 saturated heterocycles. The van der Waals surface area contributed by atoms with Crippen LogP contribution < -0.4 is 0 Å². The topological polar surface area (TPSA) is 30.9 Å². The van der Waals surface area contributed by atoms with Crippen LogP contribution in [-0.2, 0) is 14.2 Å². The molecule has 0 N–H and O–H groups in total. The first kappa shape index (κ1) is 28.8. The molecule has 0 spiro atoms. The third-order valence-electron chi connectivity index (χ3n) is 5.69. The van der Waals surface area contributed by atoms with Crippen LogP contribution in [0, 0.1) is 17.8 Å². The summed E-state index contributed by atoms with van der Waals surface area (Å²) >= 11 is 0. The molecule has 0 saturated carbocycles. The van der Waals surface area contributed by atoms with E-state index in [4.69, 9.17) is 14.2 Å². The Hall–Kier alpha value is -0.160. The van der Waals surface area contributed by atoms with E-state index >= 15 is 0 Å². The van der Waals surface area contributed by atoms with E-state index in [0.717, 1.165) is 33.0 Å². The summed E-state index contributed by atoms with van der Waals surface area (Å²) in [6, 6.07) is 0. The molecule has 0 bridgehead atoms. The minimum absolute atomic E-state index is 0.129. The molecule has 0 aromatic carbocycles. The molecular weight excluding hydrogens is 362 g/mol. The minimum Gasteiger partial charge on any atom is -0.381 e. The molecule has 0 fully saturated rings. The molecule has 0 rings (SSSR count). The monoisotopic (exact) mass is 415 g/mol. The molecule has 4 heteroatoms. The fraction of sp³-hybridized carbons (Fsp3) is 1.00. The molecule has 0 unspecified atom stereocenters. The molecule has 0 aromatic rings. The van der Waals surface area contributed by atoms with Crippen LogP contribution in [0.25, 0.3) is 0 Å². The average Bonchev–Trinajstić information content (AvgIpc) is 2.70. The summed E-state index contributed by atoms with van der Waals surface area (Å²) in [5.74, 6) is 1.80. The minimum atomic E-state index is 0.129. The summed E-state index contributed by atoms with van der Waals surface area (Å²) < 4.78 is 18.3. The van der Waals surface area contributed by atoms with Crippen molar-refractivity contribution in [3.8, 4) is 0 Å². The van der Waals surface area contributed by atoms with Crippen LogP contribution in [0.5, 0.6) is 0 Å². The van der Waals surface area contributed by atoms with E-state index in [0.29, 0.717) is 24.4 Å². The highest BCUT2D eigenvalue weighted by Crippen LogP contribution is 2.15. The number of hydrogen-bond acceptors (Lipinski definition) is 4. The van der Waals surface area contributed by atoms with Crippen molar-refractivity contribution in [1.29, 1.82) is 0 Å². The van der Waals surface area contributed by atoms with Crippen molar-refractivity contribution < 1.29 is 14.2 Å². The largest absolute Gasteiger partial charge is 0.381 e. The first-order chi connectivity index (χ1) is 14.0. The lowest BCUT2D eigenvalue weighted by atomic mass is 10.0. The van der Waals surface area contributed by atoms with E-state index < -0.39 is 0 Å². The number of likely N-dealkylation sites (N-methyl/N-ethyl adjacent to an activating group) is 1. The van der Waals surface area contributed by atoms with Crippen molar-refractivity contribution in [3.63, 3.8) is 0 Å². The molecule has 0 heterocycles. The number of hydrogen-bond donors (Lipinski definition) is 0. The van der Waals surface area contributed by atoms with Gasteiger partial charge in [-0.25, -0.2) is 0 Å². The lowest BCUT2D eigenvalue weighted by Crippen LogP contribution is -2.34. The molecule has 0 aliphatic carbocycles. The van der Waals surface area contributed by atoms with Gasteiger partial charge in [0.25, 0.3) is 0 Å². The first-order valence-corrected chi connectivity index (χ1v) is 12.4. The van der Waals surface area contributed by atoms with E-state index in [9.17, 15) is 0 Å². The van der Waals surface area contributed by atoms with Crippen molar-refractivity contribution in [2.45, 2.75) is 92.1 Å². The molecule has 0 aromatic heterocycles. The zero-order valence-electron chi connectivity index (χ0n) is 20.9. The number of unbranched alkanes of at least 4 members (excludes halogenated alkanes) is 2. The van der Waals surface area contributed by atoms with Crippen molar-refractivity contribution in [2.75, 3.05) is 53.7 Å². The van der Waals surface area contributed by atoms with E-state index in [1.165, 1.54) is 51.4 Å². The quantitative estimate of drug-likeness (QED) is 0.229. The van der Waals surface area contributed by atoms with Crippen LogP contribution in [0.1, 0.15) is 86.0 Å². The Kier molecular flexibility index (Phi) is 19.7. The molecule has 176 valence electrons. The van der Waals surface area contributed by atoms with Crippen LogP contribution in [-0.4, -0.2) is 64.7 Å². The standard InChI is InChI=1S/C25H53NO3/c1-8-12-14-23(10-3)19-27-17-22(5)18-29-25(16-26(6)7)21-28-20-24(11-4)15-13-9-2/h22-25H,8-21H2,1-7H3/t22-,23+,24-,25-/m0/s1. The maximum absolute atomic E-state index is 6.21. The Labute approximate surface area is 183 Å². The Morgan fingerprint density at radius 1 is 0.690 bits per heavy atom. The van der Waals surface area contributed by atoms with Crippen LogP contribution in [0.4, 0.5) is 0 Å². The van der Waals surface area contributed by atoms with Crippen LogP contribution in [0.3, 0.4) is 0 Å². The highest BCUT2D eigenvalue weighted by Gasteiger charge is 2.15. The zero-order chi connectivity index (χ0) is 21.9. The van der Waals surface area contributed by atoms with Gasteiger partial charge in [-0.15, -0.1) is 0 Å². The van der Waals surface area contributed by atoms with Gasteiger partial charge in [-0.3, -0.25) is 0 Å². The third kappa shape index (κ3) is 17.2. The molecule has 4 atom stereocenters. The summed E-state index contributed by atoms with van der Waals surface area (Å²) in [6.07, 6.45) is 10.2. The normalized spacial score (nSPS) is 16.1. The summed E-state index contributed by atoms with van der Waals surface area (Å²) in [4.78, 5) is 2.18. The first-order valence-electron chi connectivity index (χ1n) is 12.4. The van der Waals surface area contributed by atoms with Gasteiger partial charge in [0.1, 0.15) is 0 Å². The highest BCUT2D eigenvalue weighted by molar-refractivity contribution is 4.64. The van der Waals surface area contributed by atoms with Gasteiger partial charge < -0.3 is 19.1 Å². The van der Waals surface area contributed by atoms with Crippen molar-refractivity contribution >= 4 is 0 Å². The second-order valence-electron chi connectivity index (χ2n) is 9.23. The molecule has 29 heavy (non-hydrogen) atoms. The van der Waals surface area contributed by atoms with E-state index in [1.807, 2.05) is 0 Å². The molecule has 0 aliphatic rings. The van der Waals surface area contributed by atoms with Gasteiger partial charge in [0, 0.05) is 25.7 Å². The zero-order valence-corrected chi connectivity index (χ0v) is 20.9. The maximum atomic E-state index is 6.21. The summed E-state index contributed by atoms with van der Waals surface area (Å²) in [5.41, 5.74) is 0. The van der Waals surface area contributed by atoms with Gasteiger partial charge in [-0.05, 0) is 38.8 Å². The highest BCUT2D eigenvalue weighted by atomic mass is 16.5. The fourth-order valence-electron chi connectivity index (χ4n) is 3.51. The van der Waals surface area contributed by atoms with E-state index in [2.05, 4.69) is 53.6 Å². The SMILES string of the molecule is CCCC[C@@H](CC)COC[C@H](C)CO[C@H](COC[C@@H](CC)CCCC)CN(C)C. The Morgan fingerprint density at radius 3 is 1.66 bits per heavy atom. The van der Waals surface area contributed by atoms with Crippen molar-refractivity contribution in [3.05, 3.63) is 0 Å². The third-order valence-corrected chi connectivity index (χ3v) is 5.69. The van der Waals surface area contributed by atoms with Crippen LogP contribution in [0.15, 0.2) is 0 Å². The lowest BCUT2D eigenvalue weighted by Gasteiger charge is -2.25. The number of rotatable bonds is 21. The van der Waals surface area contributed by atoms with E-state index in [1.54, 1.807) is 0 Å². The predicted molar refractivity (Wildman–Crippen MR) is 126 cm³/mol. The predicted octanol–water partition coefficient (Wildman–Crippen LogP) is 6.04. The number of ether oxygens (including phenoxy) is 3. The van der Waals surface area contributed by atoms with Crippen LogP contribution in [0.2, 0.25) is 0 Å². The molecule has 0 aliphatic heterocycles. The summed E-state index contributed by atoms with van der Waals surface area (Å²) in [6.45, 7) is 16.1. The Balaban J connectivity index is 4.16. The molecule has 4 nitrogen and oxygen atoms in total. The Morgan fingerprint density at radius 2 is 1.21 bits per heavy atom. The maximum Gasteiger partial charge on any atom is 0.0934 e. The summed E-state index contributed by atoms with van der Waals surface area (Å²) in [5, 5.41) is 0. The van der Waals surface area contributed by atoms with Gasteiger partial charge in [-0.1, -0.05) is 73.1 Å². The second kappa shape index (κ2) is 19.8. The van der Waals surface area contributed by atoms with Gasteiger partial charge in [-0.2, -0.15) is 0 Å². The lowest BCUT2D eigenvalue weighted by molar-refractivity contribution is -0.0540. The summed E-state index contributed by atoms with van der Waals surface area (Å²) in [7, 11) is 4.19. The second-order valence-corrected chi connectivity index (χ2v) is 9.23. The molecular formula is C25H53NO3.